The van der Waals surface area contributed by atoms with Gasteiger partial charge in [-0.15, -0.1) is 0 Å². The van der Waals surface area contributed by atoms with Crippen LogP contribution in [-0.4, -0.2) is 23.9 Å². The molecule has 2 rings (SSSR count). The molecule has 0 bridgehead atoms. The minimum atomic E-state index is 0.352. The molecule has 1 aliphatic rings. The average molecular weight is 279 g/mol. The van der Waals surface area contributed by atoms with E-state index in [0.717, 1.165) is 12.3 Å². The third-order valence-electron chi connectivity index (χ3n) is 4.59. The van der Waals surface area contributed by atoms with Crippen molar-refractivity contribution in [1.82, 2.24) is 15.1 Å². The highest BCUT2D eigenvalue weighted by Crippen LogP contribution is 2.36. The normalized spacial score (nSPS) is 19.4. The Morgan fingerprint density at radius 1 is 1.30 bits per heavy atom. The molecular formula is C16H29N3O. The molecule has 0 aliphatic heterocycles. The summed E-state index contributed by atoms with van der Waals surface area (Å²) >= 11 is 0. The van der Waals surface area contributed by atoms with Gasteiger partial charge in [-0.05, 0) is 32.7 Å². The fourth-order valence-corrected chi connectivity index (χ4v) is 3.52. The first-order valence-corrected chi connectivity index (χ1v) is 8.08. The molecule has 4 heteroatoms. The molecule has 1 heterocycles. The van der Waals surface area contributed by atoms with Crippen molar-refractivity contribution in [2.75, 3.05) is 14.2 Å². The summed E-state index contributed by atoms with van der Waals surface area (Å²) in [5.41, 5.74) is 1.23. The Morgan fingerprint density at radius 3 is 2.50 bits per heavy atom. The van der Waals surface area contributed by atoms with Crippen LogP contribution in [0, 0.1) is 5.92 Å². The van der Waals surface area contributed by atoms with Crippen molar-refractivity contribution in [3.63, 3.8) is 0 Å². The van der Waals surface area contributed by atoms with E-state index in [0.29, 0.717) is 12.0 Å². The first-order valence-electron chi connectivity index (χ1n) is 8.08. The zero-order valence-corrected chi connectivity index (χ0v) is 13.2. The van der Waals surface area contributed by atoms with E-state index >= 15 is 0 Å². The van der Waals surface area contributed by atoms with Crippen molar-refractivity contribution in [2.45, 2.75) is 64.5 Å². The van der Waals surface area contributed by atoms with Crippen LogP contribution in [0.2, 0.25) is 0 Å². The number of nitrogens with one attached hydrogen (secondary N) is 1. The van der Waals surface area contributed by atoms with Gasteiger partial charge in [-0.3, -0.25) is 4.68 Å². The van der Waals surface area contributed by atoms with Gasteiger partial charge in [-0.1, -0.05) is 32.1 Å². The van der Waals surface area contributed by atoms with Crippen LogP contribution in [0.15, 0.2) is 6.20 Å². The van der Waals surface area contributed by atoms with E-state index in [-0.39, 0.29) is 0 Å². The minimum absolute atomic E-state index is 0.352. The number of hydrogen-bond donors (Lipinski definition) is 1. The van der Waals surface area contributed by atoms with Crippen molar-refractivity contribution < 1.29 is 4.74 Å². The molecule has 1 unspecified atom stereocenters. The SMILES string of the molecule is CCn1ncc(OC)c1C(NC)C1CCCCCCC1. The third-order valence-corrected chi connectivity index (χ3v) is 4.59. The summed E-state index contributed by atoms with van der Waals surface area (Å²) in [4.78, 5) is 0. The first-order chi connectivity index (χ1) is 9.81. The van der Waals surface area contributed by atoms with Gasteiger partial charge in [0.15, 0.2) is 5.75 Å². The molecule has 1 aliphatic carbocycles. The maximum Gasteiger partial charge on any atom is 0.161 e. The van der Waals surface area contributed by atoms with E-state index in [1.807, 2.05) is 6.20 Å². The van der Waals surface area contributed by atoms with Crippen LogP contribution in [0.4, 0.5) is 0 Å². The lowest BCUT2D eigenvalue weighted by Gasteiger charge is -2.29. The van der Waals surface area contributed by atoms with E-state index in [9.17, 15) is 0 Å². The Hall–Kier alpha value is -1.03. The van der Waals surface area contributed by atoms with Crippen LogP contribution in [0.25, 0.3) is 0 Å². The molecule has 0 saturated heterocycles. The quantitative estimate of drug-likeness (QED) is 0.896. The van der Waals surface area contributed by atoms with Gasteiger partial charge in [0, 0.05) is 6.54 Å². The fraction of sp³-hybridized carbons (Fsp3) is 0.812. The van der Waals surface area contributed by atoms with E-state index in [2.05, 4.69) is 29.1 Å². The van der Waals surface area contributed by atoms with Crippen molar-refractivity contribution in [2.24, 2.45) is 5.92 Å². The zero-order valence-electron chi connectivity index (χ0n) is 13.2. The molecule has 20 heavy (non-hydrogen) atoms. The van der Waals surface area contributed by atoms with Crippen LogP contribution in [0.3, 0.4) is 0 Å². The Bertz CT molecular complexity index is 373. The van der Waals surface area contributed by atoms with Gasteiger partial charge in [-0.2, -0.15) is 5.10 Å². The Kier molecular flexibility index (Phi) is 5.89. The van der Waals surface area contributed by atoms with Gasteiger partial charge in [0.05, 0.1) is 25.0 Å². The van der Waals surface area contributed by atoms with Crippen LogP contribution in [-0.2, 0) is 6.54 Å². The van der Waals surface area contributed by atoms with Crippen LogP contribution in [0.1, 0.15) is 63.6 Å². The molecule has 1 aromatic rings. The largest absolute Gasteiger partial charge is 0.493 e. The summed E-state index contributed by atoms with van der Waals surface area (Å²) in [6.45, 7) is 3.03. The molecule has 0 aromatic carbocycles. The summed E-state index contributed by atoms with van der Waals surface area (Å²) in [5, 5.41) is 7.99. The van der Waals surface area contributed by atoms with Gasteiger partial charge in [-0.25, -0.2) is 0 Å². The molecule has 1 saturated carbocycles. The number of methoxy groups -OCH3 is 1. The Morgan fingerprint density at radius 2 is 1.95 bits per heavy atom. The van der Waals surface area contributed by atoms with E-state index in [1.165, 1.54) is 50.6 Å². The monoisotopic (exact) mass is 279 g/mol. The molecule has 1 atom stereocenters. The number of rotatable bonds is 5. The van der Waals surface area contributed by atoms with Crippen LogP contribution < -0.4 is 10.1 Å². The third kappa shape index (κ3) is 3.35. The zero-order chi connectivity index (χ0) is 14.4. The predicted molar refractivity (Wildman–Crippen MR) is 82.1 cm³/mol. The highest BCUT2D eigenvalue weighted by molar-refractivity contribution is 5.29. The topological polar surface area (TPSA) is 39.1 Å². The van der Waals surface area contributed by atoms with Crippen LogP contribution in [0.5, 0.6) is 5.75 Å². The first kappa shape index (κ1) is 15.4. The molecule has 4 nitrogen and oxygen atoms in total. The lowest BCUT2D eigenvalue weighted by molar-refractivity contribution is 0.280. The highest BCUT2D eigenvalue weighted by atomic mass is 16.5. The summed E-state index contributed by atoms with van der Waals surface area (Å²) in [6, 6.07) is 0.352. The van der Waals surface area contributed by atoms with Gasteiger partial charge in [0.1, 0.15) is 0 Å². The van der Waals surface area contributed by atoms with E-state index < -0.39 is 0 Å². The van der Waals surface area contributed by atoms with Crippen LogP contribution >= 0.6 is 0 Å². The number of ether oxygens (including phenoxy) is 1. The van der Waals surface area contributed by atoms with Gasteiger partial charge >= 0.3 is 0 Å². The second-order valence-electron chi connectivity index (χ2n) is 5.79. The summed E-state index contributed by atoms with van der Waals surface area (Å²) in [5.74, 6) is 1.62. The summed E-state index contributed by atoms with van der Waals surface area (Å²) < 4.78 is 7.62. The number of nitrogens with zero attached hydrogens (tertiary/aromatic N) is 2. The van der Waals surface area contributed by atoms with Crippen molar-refractivity contribution in [3.05, 3.63) is 11.9 Å². The minimum Gasteiger partial charge on any atom is -0.493 e. The average Bonchev–Trinajstić information content (AvgIpc) is 2.84. The van der Waals surface area contributed by atoms with Gasteiger partial charge in [0.25, 0.3) is 0 Å². The molecule has 0 radical (unpaired) electrons. The van der Waals surface area contributed by atoms with E-state index in [1.54, 1.807) is 7.11 Å². The Labute approximate surface area is 122 Å². The predicted octanol–water partition coefficient (Wildman–Crippen LogP) is 3.53. The number of aromatic nitrogens is 2. The fourth-order valence-electron chi connectivity index (χ4n) is 3.52. The van der Waals surface area contributed by atoms with Gasteiger partial charge in [0.2, 0.25) is 0 Å². The molecule has 1 aromatic heterocycles. The lowest BCUT2D eigenvalue weighted by atomic mass is 9.84. The summed E-state index contributed by atoms with van der Waals surface area (Å²) in [7, 11) is 3.81. The Balaban J connectivity index is 2.23. The molecular weight excluding hydrogens is 250 g/mol. The highest BCUT2D eigenvalue weighted by Gasteiger charge is 2.28. The summed E-state index contributed by atoms with van der Waals surface area (Å²) in [6.07, 6.45) is 11.4. The molecule has 0 amide bonds. The van der Waals surface area contributed by atoms with Crippen molar-refractivity contribution >= 4 is 0 Å². The molecule has 114 valence electrons. The lowest BCUT2D eigenvalue weighted by Crippen LogP contribution is -2.28. The second-order valence-corrected chi connectivity index (χ2v) is 5.79. The smallest absolute Gasteiger partial charge is 0.161 e. The maximum absolute atomic E-state index is 5.53. The standard InChI is InChI=1S/C16H29N3O/c1-4-19-16(14(20-3)12-18-19)15(17-2)13-10-8-6-5-7-9-11-13/h12-13,15,17H,4-11H2,1-3H3. The van der Waals surface area contributed by atoms with Crippen molar-refractivity contribution in [1.29, 1.82) is 0 Å². The molecule has 0 spiro atoms. The molecule has 1 fully saturated rings. The second kappa shape index (κ2) is 7.67. The van der Waals surface area contributed by atoms with Crippen molar-refractivity contribution in [3.8, 4) is 5.75 Å². The van der Waals surface area contributed by atoms with E-state index in [4.69, 9.17) is 4.74 Å². The number of aryl methyl sites for hydroxylation is 1. The maximum atomic E-state index is 5.53. The number of hydrogen-bond acceptors (Lipinski definition) is 3. The van der Waals surface area contributed by atoms with Gasteiger partial charge < -0.3 is 10.1 Å². The molecule has 1 N–H and O–H groups in total.